The van der Waals surface area contributed by atoms with Crippen molar-refractivity contribution >= 4 is 27.5 Å². The summed E-state index contributed by atoms with van der Waals surface area (Å²) in [5, 5.41) is 4.41. The molecule has 8 heteroatoms. The summed E-state index contributed by atoms with van der Waals surface area (Å²) in [7, 11) is 0. The number of fused-ring (bicyclic) bond motifs is 2. The van der Waals surface area contributed by atoms with Crippen molar-refractivity contribution in [3.8, 4) is 11.3 Å². The third-order valence-electron chi connectivity index (χ3n) is 5.19. The summed E-state index contributed by atoms with van der Waals surface area (Å²) in [6, 6.07) is 9.87. The second kappa shape index (κ2) is 6.56. The average molecular weight is 437 g/mol. The molecule has 0 radical (unpaired) electrons. The maximum Gasteiger partial charge on any atom is 0.275 e. The minimum Gasteiger partial charge on any atom is -0.341 e. The third kappa shape index (κ3) is 2.72. The molecule has 1 aliphatic heterocycles. The topological polar surface area (TPSA) is 68.3 Å². The van der Waals surface area contributed by atoms with Gasteiger partial charge in [-0.25, -0.2) is 9.50 Å². The minimum atomic E-state index is -0.0792. The summed E-state index contributed by atoms with van der Waals surface area (Å²) in [5.41, 5.74) is 4.38. The molecule has 28 heavy (non-hydrogen) atoms. The molecule has 1 unspecified atom stereocenters. The zero-order valence-corrected chi connectivity index (χ0v) is 16.7. The minimum absolute atomic E-state index is 0.0452. The molecular weight excluding hydrogens is 420 g/mol. The number of hydrogen-bond acceptors (Lipinski definition) is 4. The van der Waals surface area contributed by atoms with E-state index in [9.17, 15) is 4.79 Å². The highest BCUT2D eigenvalue weighted by Crippen LogP contribution is 2.32. The van der Waals surface area contributed by atoms with Gasteiger partial charge in [0.15, 0.2) is 11.3 Å². The van der Waals surface area contributed by atoms with Gasteiger partial charge in [-0.05, 0) is 47.1 Å². The SMILES string of the molecule is CC1c2ccc(-c3cccnc3)n2CCN1C(=O)c1cc2ncc(Br)cn2n1. The number of carbonyl (C=O) groups is 1. The normalized spacial score (nSPS) is 16.4. The standard InChI is InChI=1S/C20H17BrN6O/c1-13-17-4-5-18(14-3-2-6-22-10-14)26(17)8-7-25(13)20(28)16-9-19-23-11-15(21)12-27(19)24-16/h2-6,9-13H,7-8H2,1H3. The van der Waals surface area contributed by atoms with Crippen LogP contribution in [-0.4, -0.2) is 41.5 Å². The number of pyridine rings is 1. The molecule has 0 aliphatic carbocycles. The lowest BCUT2D eigenvalue weighted by Gasteiger charge is -2.35. The zero-order chi connectivity index (χ0) is 19.3. The fraction of sp³-hybridized carbons (Fsp3) is 0.200. The van der Waals surface area contributed by atoms with E-state index in [1.165, 1.54) is 0 Å². The van der Waals surface area contributed by atoms with Gasteiger partial charge >= 0.3 is 0 Å². The lowest BCUT2D eigenvalue weighted by Crippen LogP contribution is -2.41. The van der Waals surface area contributed by atoms with Crippen LogP contribution in [0.5, 0.6) is 0 Å². The zero-order valence-electron chi connectivity index (χ0n) is 15.2. The van der Waals surface area contributed by atoms with E-state index in [1.54, 1.807) is 29.2 Å². The van der Waals surface area contributed by atoms with Gasteiger partial charge in [0.05, 0.1) is 10.5 Å². The molecule has 0 bridgehead atoms. The summed E-state index contributed by atoms with van der Waals surface area (Å²) >= 11 is 3.38. The predicted octanol–water partition coefficient (Wildman–Crippen LogP) is 3.57. The molecule has 1 amide bonds. The first-order valence-electron chi connectivity index (χ1n) is 9.03. The second-order valence-corrected chi connectivity index (χ2v) is 7.73. The Morgan fingerprint density at radius 1 is 1.21 bits per heavy atom. The van der Waals surface area contributed by atoms with Crippen molar-refractivity contribution in [3.05, 3.63) is 71.0 Å². The Balaban J connectivity index is 1.46. The van der Waals surface area contributed by atoms with Crippen molar-refractivity contribution in [3.63, 3.8) is 0 Å². The Bertz CT molecular complexity index is 1180. The Morgan fingerprint density at radius 2 is 2.11 bits per heavy atom. The Hall–Kier alpha value is -3.00. The predicted molar refractivity (Wildman–Crippen MR) is 108 cm³/mol. The van der Waals surface area contributed by atoms with Gasteiger partial charge in [0.2, 0.25) is 0 Å². The molecule has 0 spiro atoms. The smallest absolute Gasteiger partial charge is 0.275 e. The van der Waals surface area contributed by atoms with Crippen LogP contribution >= 0.6 is 15.9 Å². The molecular formula is C20H17BrN6O. The molecule has 7 nitrogen and oxygen atoms in total. The van der Waals surface area contributed by atoms with Crippen LogP contribution in [0.1, 0.15) is 29.1 Å². The van der Waals surface area contributed by atoms with Crippen LogP contribution in [0.25, 0.3) is 16.9 Å². The highest BCUT2D eigenvalue weighted by molar-refractivity contribution is 9.10. The highest BCUT2D eigenvalue weighted by atomic mass is 79.9. The number of nitrogens with zero attached hydrogens (tertiary/aromatic N) is 6. The van der Waals surface area contributed by atoms with Gasteiger partial charge in [0.1, 0.15) is 0 Å². The maximum atomic E-state index is 13.1. The lowest BCUT2D eigenvalue weighted by molar-refractivity contribution is 0.0638. The number of hydrogen-bond donors (Lipinski definition) is 0. The van der Waals surface area contributed by atoms with Gasteiger partial charge < -0.3 is 9.47 Å². The van der Waals surface area contributed by atoms with Crippen LogP contribution in [0.4, 0.5) is 0 Å². The van der Waals surface area contributed by atoms with E-state index in [1.807, 2.05) is 17.2 Å². The molecule has 1 atom stereocenters. The monoisotopic (exact) mass is 436 g/mol. The van der Waals surface area contributed by atoms with Gasteiger partial charge in [-0.2, -0.15) is 5.10 Å². The molecule has 0 aromatic carbocycles. The number of carbonyl (C=O) groups excluding carboxylic acids is 1. The fourth-order valence-corrected chi connectivity index (χ4v) is 4.10. The highest BCUT2D eigenvalue weighted by Gasteiger charge is 2.31. The van der Waals surface area contributed by atoms with Crippen molar-refractivity contribution in [2.24, 2.45) is 0 Å². The Morgan fingerprint density at radius 3 is 2.93 bits per heavy atom. The summed E-state index contributed by atoms with van der Waals surface area (Å²) in [4.78, 5) is 23.5. The van der Waals surface area contributed by atoms with Crippen molar-refractivity contribution in [2.75, 3.05) is 6.54 Å². The summed E-state index contributed by atoms with van der Waals surface area (Å²) in [5.74, 6) is -0.0792. The lowest BCUT2D eigenvalue weighted by atomic mass is 10.1. The molecule has 0 N–H and O–H groups in total. The van der Waals surface area contributed by atoms with Crippen LogP contribution in [-0.2, 0) is 6.54 Å². The number of rotatable bonds is 2. The van der Waals surface area contributed by atoms with Gasteiger partial charge in [0.25, 0.3) is 5.91 Å². The number of aromatic nitrogens is 5. The van der Waals surface area contributed by atoms with E-state index in [0.29, 0.717) is 17.9 Å². The van der Waals surface area contributed by atoms with E-state index >= 15 is 0 Å². The molecule has 0 saturated carbocycles. The largest absolute Gasteiger partial charge is 0.341 e. The molecule has 5 heterocycles. The molecule has 0 fully saturated rings. The van der Waals surface area contributed by atoms with Crippen LogP contribution in [0.3, 0.4) is 0 Å². The van der Waals surface area contributed by atoms with Crippen LogP contribution in [0.15, 0.2) is 59.6 Å². The van der Waals surface area contributed by atoms with E-state index in [2.05, 4.69) is 60.7 Å². The quantitative estimate of drug-likeness (QED) is 0.481. The second-order valence-electron chi connectivity index (χ2n) is 6.82. The van der Waals surface area contributed by atoms with Crippen molar-refractivity contribution in [1.29, 1.82) is 0 Å². The summed E-state index contributed by atoms with van der Waals surface area (Å²) < 4.78 is 4.71. The van der Waals surface area contributed by atoms with Gasteiger partial charge in [-0.1, -0.05) is 0 Å². The summed E-state index contributed by atoms with van der Waals surface area (Å²) in [6.07, 6.45) is 7.13. The number of halogens is 1. The first-order valence-corrected chi connectivity index (χ1v) is 9.83. The Labute approximate surface area is 169 Å². The maximum absolute atomic E-state index is 13.1. The Kier molecular flexibility index (Phi) is 4.01. The van der Waals surface area contributed by atoms with Crippen LogP contribution in [0.2, 0.25) is 0 Å². The van der Waals surface area contributed by atoms with Gasteiger partial charge in [-0.15, -0.1) is 0 Å². The van der Waals surface area contributed by atoms with Crippen molar-refractivity contribution in [2.45, 2.75) is 19.5 Å². The molecule has 1 aliphatic rings. The first-order chi connectivity index (χ1) is 13.6. The van der Waals surface area contributed by atoms with Crippen LogP contribution < -0.4 is 0 Å². The molecule has 4 aromatic heterocycles. The summed E-state index contributed by atoms with van der Waals surface area (Å²) in [6.45, 7) is 3.42. The molecule has 4 aromatic rings. The average Bonchev–Trinajstić information content (AvgIpc) is 3.32. The first kappa shape index (κ1) is 17.1. The third-order valence-corrected chi connectivity index (χ3v) is 5.60. The number of amides is 1. The van der Waals surface area contributed by atoms with Crippen LogP contribution in [0, 0.1) is 0 Å². The molecule has 140 valence electrons. The molecule has 5 rings (SSSR count). The van der Waals surface area contributed by atoms with Crippen molar-refractivity contribution in [1.82, 2.24) is 29.0 Å². The van der Waals surface area contributed by atoms with Gasteiger partial charge in [-0.3, -0.25) is 9.78 Å². The van der Waals surface area contributed by atoms with Crippen molar-refractivity contribution < 1.29 is 4.79 Å². The van der Waals surface area contributed by atoms with E-state index in [4.69, 9.17) is 0 Å². The van der Waals surface area contributed by atoms with E-state index < -0.39 is 0 Å². The fourth-order valence-electron chi connectivity index (χ4n) is 3.81. The molecule has 0 saturated heterocycles. The van der Waals surface area contributed by atoms with E-state index in [0.717, 1.165) is 28.0 Å². The van der Waals surface area contributed by atoms with Gasteiger partial charge in [0, 0.05) is 60.9 Å². The van der Waals surface area contributed by atoms with E-state index in [-0.39, 0.29) is 11.9 Å².